The van der Waals surface area contributed by atoms with Crippen LogP contribution in [-0.4, -0.2) is 12.7 Å². The van der Waals surface area contributed by atoms with Crippen molar-refractivity contribution in [3.8, 4) is 6.07 Å². The van der Waals surface area contributed by atoms with E-state index in [1.807, 2.05) is 0 Å². The molecule has 0 radical (unpaired) electrons. The van der Waals surface area contributed by atoms with Crippen LogP contribution in [0.4, 0.5) is 0 Å². The number of hydrogen-bond acceptors (Lipinski definition) is 2. The molecule has 0 aromatic rings. The van der Waals surface area contributed by atoms with E-state index in [9.17, 15) is 5.26 Å². The van der Waals surface area contributed by atoms with Gasteiger partial charge in [-0.15, -0.1) is 0 Å². The SMILES string of the molecule is CCCC[C@H]1CC[C@H](CO[C@H]2CC[C@@](C#N)(CCCC)CC2)CC1. The number of hydrogen-bond donors (Lipinski definition) is 0. The minimum Gasteiger partial charge on any atom is -0.378 e. The molecule has 2 fully saturated rings. The highest BCUT2D eigenvalue weighted by Gasteiger charge is 2.35. The lowest BCUT2D eigenvalue weighted by atomic mass is 9.71. The van der Waals surface area contributed by atoms with Gasteiger partial charge in [-0.25, -0.2) is 0 Å². The number of ether oxygens (including phenoxy) is 1. The third kappa shape index (κ3) is 6.07. The van der Waals surface area contributed by atoms with Gasteiger partial charge in [-0.05, 0) is 56.8 Å². The average Bonchev–Trinajstić information content (AvgIpc) is 2.65. The fourth-order valence-electron chi connectivity index (χ4n) is 4.70. The molecule has 2 nitrogen and oxygen atoms in total. The Bertz CT molecular complexity index is 370. The molecule has 2 saturated carbocycles. The zero-order chi connectivity index (χ0) is 17.3. The molecule has 2 heteroatoms. The maximum absolute atomic E-state index is 9.58. The van der Waals surface area contributed by atoms with Gasteiger partial charge in [0.05, 0.1) is 17.6 Å². The summed E-state index contributed by atoms with van der Waals surface area (Å²) in [6, 6.07) is 2.64. The van der Waals surface area contributed by atoms with Gasteiger partial charge in [0.1, 0.15) is 0 Å². The van der Waals surface area contributed by atoms with Crippen LogP contribution < -0.4 is 0 Å². The van der Waals surface area contributed by atoms with Crippen LogP contribution in [0.15, 0.2) is 0 Å². The monoisotopic (exact) mass is 333 g/mol. The Hall–Kier alpha value is -0.550. The van der Waals surface area contributed by atoms with E-state index >= 15 is 0 Å². The van der Waals surface area contributed by atoms with Crippen molar-refractivity contribution in [2.24, 2.45) is 17.3 Å². The third-order valence-corrected chi connectivity index (χ3v) is 6.64. The minimum absolute atomic E-state index is 0.0345. The molecule has 0 aromatic carbocycles. The number of unbranched alkanes of at least 4 members (excludes halogenated alkanes) is 2. The first-order valence-electron chi connectivity index (χ1n) is 10.7. The minimum atomic E-state index is -0.0345. The zero-order valence-corrected chi connectivity index (χ0v) is 16.2. The Morgan fingerprint density at radius 3 is 2.12 bits per heavy atom. The lowest BCUT2D eigenvalue weighted by Gasteiger charge is -2.36. The Morgan fingerprint density at radius 1 is 0.917 bits per heavy atom. The summed E-state index contributed by atoms with van der Waals surface area (Å²) in [6.07, 6.45) is 18.0. The van der Waals surface area contributed by atoms with Crippen LogP contribution in [0.2, 0.25) is 0 Å². The van der Waals surface area contributed by atoms with Crippen LogP contribution >= 0.6 is 0 Å². The van der Waals surface area contributed by atoms with Crippen LogP contribution in [-0.2, 0) is 4.74 Å². The maximum Gasteiger partial charge on any atom is 0.0689 e. The molecule has 0 saturated heterocycles. The Kier molecular flexibility index (Phi) is 8.60. The first-order chi connectivity index (χ1) is 11.7. The molecule has 24 heavy (non-hydrogen) atoms. The topological polar surface area (TPSA) is 33.0 Å². The first-order valence-corrected chi connectivity index (χ1v) is 10.7. The predicted molar refractivity (Wildman–Crippen MR) is 101 cm³/mol. The van der Waals surface area contributed by atoms with Crippen molar-refractivity contribution in [2.45, 2.75) is 110 Å². The van der Waals surface area contributed by atoms with Gasteiger partial charge in [0.25, 0.3) is 0 Å². The summed E-state index contributed by atoms with van der Waals surface area (Å²) in [5, 5.41) is 9.58. The summed E-state index contributed by atoms with van der Waals surface area (Å²) in [5.74, 6) is 1.79. The van der Waals surface area contributed by atoms with Gasteiger partial charge in [-0.2, -0.15) is 5.26 Å². The molecule has 0 N–H and O–H groups in total. The van der Waals surface area contributed by atoms with Crippen LogP contribution in [0.25, 0.3) is 0 Å². The summed E-state index contributed by atoms with van der Waals surface area (Å²) in [6.45, 7) is 5.49. The van der Waals surface area contributed by atoms with Gasteiger partial charge >= 0.3 is 0 Å². The molecule has 0 unspecified atom stereocenters. The van der Waals surface area contributed by atoms with Crippen LogP contribution in [0.5, 0.6) is 0 Å². The van der Waals surface area contributed by atoms with Gasteiger partial charge in [0.15, 0.2) is 0 Å². The molecule has 0 bridgehead atoms. The Balaban J connectivity index is 1.62. The molecule has 2 aliphatic carbocycles. The van der Waals surface area contributed by atoms with E-state index in [4.69, 9.17) is 4.74 Å². The molecule has 0 aliphatic heterocycles. The lowest BCUT2D eigenvalue weighted by Crippen LogP contribution is -2.31. The molecule has 0 heterocycles. The van der Waals surface area contributed by atoms with Crippen molar-refractivity contribution in [3.63, 3.8) is 0 Å². The van der Waals surface area contributed by atoms with E-state index < -0.39 is 0 Å². The molecule has 0 aromatic heterocycles. The quantitative estimate of drug-likeness (QED) is 0.473. The third-order valence-electron chi connectivity index (χ3n) is 6.64. The summed E-state index contributed by atoms with van der Waals surface area (Å²) >= 11 is 0. The highest BCUT2D eigenvalue weighted by molar-refractivity contribution is 5.01. The van der Waals surface area contributed by atoms with Crippen molar-refractivity contribution in [2.75, 3.05) is 6.61 Å². The van der Waals surface area contributed by atoms with E-state index in [1.165, 1.54) is 57.8 Å². The van der Waals surface area contributed by atoms with E-state index in [2.05, 4.69) is 19.9 Å². The standard InChI is InChI=1S/C22H39NO/c1-3-5-7-19-8-10-20(11-9-19)17-24-21-12-15-22(18-23,16-13-21)14-6-4-2/h19-21H,3-17H2,1-2H3/t19-,20-,21-,22-. The molecule has 0 amide bonds. The maximum atomic E-state index is 9.58. The van der Waals surface area contributed by atoms with E-state index in [0.717, 1.165) is 50.5 Å². The van der Waals surface area contributed by atoms with Crippen molar-refractivity contribution in [1.29, 1.82) is 5.26 Å². The highest BCUT2D eigenvalue weighted by Crippen LogP contribution is 2.41. The highest BCUT2D eigenvalue weighted by atomic mass is 16.5. The second kappa shape index (κ2) is 10.4. The van der Waals surface area contributed by atoms with E-state index in [0.29, 0.717) is 6.10 Å². The first kappa shape index (κ1) is 19.8. The number of nitrogens with zero attached hydrogens (tertiary/aromatic N) is 1. The van der Waals surface area contributed by atoms with Gasteiger partial charge in [0.2, 0.25) is 0 Å². The Morgan fingerprint density at radius 2 is 1.54 bits per heavy atom. The van der Waals surface area contributed by atoms with Crippen LogP contribution in [0.1, 0.15) is 104 Å². The van der Waals surface area contributed by atoms with Gasteiger partial charge in [0, 0.05) is 6.61 Å². The average molecular weight is 334 g/mol. The molecular weight excluding hydrogens is 294 g/mol. The predicted octanol–water partition coefficient (Wildman–Crippen LogP) is 6.64. The fourth-order valence-corrected chi connectivity index (χ4v) is 4.70. The van der Waals surface area contributed by atoms with E-state index in [-0.39, 0.29) is 5.41 Å². The molecular formula is C22H39NO. The van der Waals surface area contributed by atoms with Crippen molar-refractivity contribution >= 4 is 0 Å². The molecule has 2 rings (SSSR count). The summed E-state index contributed by atoms with van der Waals surface area (Å²) in [5.41, 5.74) is -0.0345. The second-order valence-electron chi connectivity index (χ2n) is 8.56. The second-order valence-corrected chi connectivity index (χ2v) is 8.56. The van der Waals surface area contributed by atoms with Crippen molar-refractivity contribution in [1.82, 2.24) is 0 Å². The summed E-state index contributed by atoms with van der Waals surface area (Å²) < 4.78 is 6.27. The smallest absolute Gasteiger partial charge is 0.0689 e. The number of nitriles is 1. The molecule has 0 atom stereocenters. The normalized spacial score (nSPS) is 34.0. The summed E-state index contributed by atoms with van der Waals surface area (Å²) in [4.78, 5) is 0. The largest absolute Gasteiger partial charge is 0.378 e. The van der Waals surface area contributed by atoms with Gasteiger partial charge in [-0.1, -0.05) is 58.8 Å². The number of rotatable bonds is 9. The molecule has 2 aliphatic rings. The zero-order valence-electron chi connectivity index (χ0n) is 16.2. The molecule has 0 spiro atoms. The van der Waals surface area contributed by atoms with Crippen molar-refractivity contribution < 1.29 is 4.74 Å². The molecule has 138 valence electrons. The van der Waals surface area contributed by atoms with Gasteiger partial charge < -0.3 is 4.74 Å². The fraction of sp³-hybridized carbons (Fsp3) is 0.955. The Labute approximate surface area is 150 Å². The van der Waals surface area contributed by atoms with E-state index in [1.54, 1.807) is 0 Å². The van der Waals surface area contributed by atoms with Gasteiger partial charge in [-0.3, -0.25) is 0 Å². The van der Waals surface area contributed by atoms with Crippen LogP contribution in [0, 0.1) is 28.6 Å². The lowest BCUT2D eigenvalue weighted by molar-refractivity contribution is -0.0184. The van der Waals surface area contributed by atoms with Crippen LogP contribution in [0.3, 0.4) is 0 Å². The summed E-state index contributed by atoms with van der Waals surface area (Å²) in [7, 11) is 0. The van der Waals surface area contributed by atoms with Crippen molar-refractivity contribution in [3.05, 3.63) is 0 Å².